The summed E-state index contributed by atoms with van der Waals surface area (Å²) < 4.78 is 11.6. The van der Waals surface area contributed by atoms with E-state index in [2.05, 4.69) is 56.2 Å². The standard InChI is InChI=1S/C60H110N8O7/c1-4-7-10-13-16-17-18-24-34-43-74-57(70)38-29-25-33-42-68(41-32-23-19-22-28-39-58(71)75-54(36-26-20-14-11-8-5-2)37-27-21-15-12-9-6-3)48-53(69)35-30-31-40-64-60(73)56(45-52-47-63-50-66-52)67-59(72)55(61)44-51-46-62-49-65-51/h46-47,49-50,53-56,69H,4-45,48,61H2,1-3H3,(H,62,65)(H,63,66)(H,64,73)(H,67,72)/t53?,55-,56-/m0/s1. The number of aliphatic hydroxyl groups excluding tert-OH is 1. The van der Waals surface area contributed by atoms with E-state index >= 15 is 0 Å². The van der Waals surface area contributed by atoms with Crippen molar-refractivity contribution in [2.75, 3.05) is 32.8 Å². The second-order valence-electron chi connectivity index (χ2n) is 21.6. The molecule has 2 aromatic rings. The van der Waals surface area contributed by atoms with Crippen LogP contribution in [-0.4, -0.2) is 111 Å². The van der Waals surface area contributed by atoms with Gasteiger partial charge >= 0.3 is 11.9 Å². The number of unbranched alkanes of at least 4 members (excludes halogenated alkanes) is 25. The molecule has 1 unspecified atom stereocenters. The van der Waals surface area contributed by atoms with Crippen molar-refractivity contribution in [1.82, 2.24) is 35.5 Å². The number of carbonyl (C=O) groups is 4. The van der Waals surface area contributed by atoms with Gasteiger partial charge in [-0.1, -0.05) is 162 Å². The van der Waals surface area contributed by atoms with E-state index in [-0.39, 0.29) is 36.8 Å². The quantitative estimate of drug-likeness (QED) is 0.0270. The molecule has 0 radical (unpaired) electrons. The molecule has 15 heteroatoms. The van der Waals surface area contributed by atoms with Crippen molar-refractivity contribution < 1.29 is 33.8 Å². The maximum absolute atomic E-state index is 13.4. The summed E-state index contributed by atoms with van der Waals surface area (Å²) in [6.07, 6.45) is 45.0. The van der Waals surface area contributed by atoms with Crippen molar-refractivity contribution in [3.05, 3.63) is 36.4 Å². The second kappa shape index (κ2) is 47.4. The molecular weight excluding hydrogens is 945 g/mol. The summed E-state index contributed by atoms with van der Waals surface area (Å²) in [5.74, 6) is -0.877. The summed E-state index contributed by atoms with van der Waals surface area (Å²) >= 11 is 0. The van der Waals surface area contributed by atoms with E-state index in [4.69, 9.17) is 15.2 Å². The molecule has 432 valence electrons. The molecule has 7 N–H and O–H groups in total. The van der Waals surface area contributed by atoms with Crippen molar-refractivity contribution in [3.63, 3.8) is 0 Å². The minimum atomic E-state index is -0.856. The number of rotatable bonds is 53. The summed E-state index contributed by atoms with van der Waals surface area (Å²) in [5.41, 5.74) is 7.61. The Morgan fingerprint density at radius 1 is 0.573 bits per heavy atom. The molecule has 2 heterocycles. The molecule has 0 saturated carbocycles. The zero-order valence-corrected chi connectivity index (χ0v) is 47.8. The van der Waals surface area contributed by atoms with E-state index < -0.39 is 24.1 Å². The number of ether oxygens (including phenoxy) is 2. The van der Waals surface area contributed by atoms with Gasteiger partial charge in [-0.05, 0) is 90.1 Å². The summed E-state index contributed by atoms with van der Waals surface area (Å²) in [6.45, 7) is 9.96. The van der Waals surface area contributed by atoms with Crippen LogP contribution in [-0.2, 0) is 41.5 Å². The largest absolute Gasteiger partial charge is 0.466 e. The number of nitrogens with zero attached hydrogens (tertiary/aromatic N) is 3. The number of nitrogens with two attached hydrogens (primary N) is 1. The van der Waals surface area contributed by atoms with Gasteiger partial charge in [-0.2, -0.15) is 0 Å². The van der Waals surface area contributed by atoms with Gasteiger partial charge in [0.05, 0.1) is 31.4 Å². The molecule has 0 fully saturated rings. The van der Waals surface area contributed by atoms with Gasteiger partial charge in [0.1, 0.15) is 12.1 Å². The van der Waals surface area contributed by atoms with Gasteiger partial charge in [-0.15, -0.1) is 0 Å². The fourth-order valence-corrected chi connectivity index (χ4v) is 9.75. The number of aromatic amines is 2. The average molecular weight is 1060 g/mol. The first-order valence-corrected chi connectivity index (χ1v) is 30.7. The van der Waals surface area contributed by atoms with Crippen molar-refractivity contribution in [3.8, 4) is 0 Å². The van der Waals surface area contributed by atoms with Crippen molar-refractivity contribution in [2.24, 2.45) is 5.73 Å². The lowest BCUT2D eigenvalue weighted by molar-refractivity contribution is -0.150. The Morgan fingerprint density at radius 3 is 1.59 bits per heavy atom. The monoisotopic (exact) mass is 1050 g/mol. The van der Waals surface area contributed by atoms with Crippen LogP contribution in [0.25, 0.3) is 0 Å². The first-order chi connectivity index (χ1) is 36.6. The molecular formula is C60H110N8O7. The molecule has 75 heavy (non-hydrogen) atoms. The number of nitrogens with one attached hydrogen (secondary N) is 4. The summed E-state index contributed by atoms with van der Waals surface area (Å²) in [4.78, 5) is 68.2. The second-order valence-corrected chi connectivity index (χ2v) is 21.6. The van der Waals surface area contributed by atoms with Gasteiger partial charge in [-0.3, -0.25) is 19.2 Å². The Hall–Kier alpha value is -3.82. The first kappa shape index (κ1) is 67.3. The third kappa shape index (κ3) is 38.4. The van der Waals surface area contributed by atoms with Crippen LogP contribution in [0.15, 0.2) is 25.0 Å². The molecule has 0 aliphatic carbocycles. The molecule has 2 rings (SSSR count). The minimum absolute atomic E-state index is 0.0345. The number of carbonyl (C=O) groups excluding carboxylic acids is 4. The van der Waals surface area contributed by atoms with Crippen molar-refractivity contribution >= 4 is 23.8 Å². The number of amides is 2. The molecule has 0 aromatic carbocycles. The van der Waals surface area contributed by atoms with Crippen LogP contribution in [0.5, 0.6) is 0 Å². The molecule has 0 saturated heterocycles. The Labute approximate surface area is 455 Å². The molecule has 0 aliphatic heterocycles. The van der Waals surface area contributed by atoms with E-state index in [9.17, 15) is 24.3 Å². The molecule has 0 bridgehead atoms. The third-order valence-electron chi connectivity index (χ3n) is 14.5. The number of hydrogen-bond donors (Lipinski definition) is 6. The Morgan fingerprint density at radius 2 is 1.04 bits per heavy atom. The number of hydrogen-bond acceptors (Lipinski definition) is 11. The Kier molecular flexibility index (Phi) is 42.5. The number of esters is 2. The summed E-state index contributed by atoms with van der Waals surface area (Å²) in [5, 5.41) is 17.0. The SMILES string of the molecule is CCCCCCCCCCCOC(=O)CCCCCN(CCCCCCCC(=O)OC(CCCCCCCC)CCCCCCCC)CC(O)CCCCNC(=O)[C@H](Cc1cnc[nH]1)NC(=O)[C@@H](N)Cc1cnc[nH]1. The van der Waals surface area contributed by atoms with Gasteiger partial charge < -0.3 is 45.8 Å². The van der Waals surface area contributed by atoms with Gasteiger partial charge in [0.15, 0.2) is 0 Å². The van der Waals surface area contributed by atoms with Crippen molar-refractivity contribution in [1.29, 1.82) is 0 Å². The Balaban J connectivity index is 1.80. The molecule has 15 nitrogen and oxygen atoms in total. The predicted molar refractivity (Wildman–Crippen MR) is 304 cm³/mol. The highest BCUT2D eigenvalue weighted by atomic mass is 16.5. The van der Waals surface area contributed by atoms with Crippen LogP contribution >= 0.6 is 0 Å². The van der Waals surface area contributed by atoms with Crippen LogP contribution in [0.1, 0.15) is 263 Å². The fourth-order valence-electron chi connectivity index (χ4n) is 9.75. The topological polar surface area (TPSA) is 218 Å². The third-order valence-corrected chi connectivity index (χ3v) is 14.5. The van der Waals surface area contributed by atoms with Crippen LogP contribution in [0.3, 0.4) is 0 Å². The molecule has 0 spiro atoms. The lowest BCUT2D eigenvalue weighted by atomic mass is 10.0. The summed E-state index contributed by atoms with van der Waals surface area (Å²) in [7, 11) is 0. The van der Waals surface area contributed by atoms with Crippen LogP contribution in [0.2, 0.25) is 0 Å². The van der Waals surface area contributed by atoms with Crippen LogP contribution < -0.4 is 16.4 Å². The van der Waals surface area contributed by atoms with Crippen molar-refractivity contribution in [2.45, 2.75) is 289 Å². The first-order valence-electron chi connectivity index (χ1n) is 30.7. The maximum Gasteiger partial charge on any atom is 0.306 e. The van der Waals surface area contributed by atoms with Crippen LogP contribution in [0, 0.1) is 0 Å². The van der Waals surface area contributed by atoms with Gasteiger partial charge in [0.25, 0.3) is 0 Å². The van der Waals surface area contributed by atoms with E-state index in [0.29, 0.717) is 51.1 Å². The van der Waals surface area contributed by atoms with E-state index in [1.165, 1.54) is 122 Å². The highest BCUT2D eigenvalue weighted by Gasteiger charge is 2.25. The van der Waals surface area contributed by atoms with Gasteiger partial charge in [0.2, 0.25) is 11.8 Å². The molecule has 3 atom stereocenters. The lowest BCUT2D eigenvalue weighted by Gasteiger charge is -2.25. The highest BCUT2D eigenvalue weighted by Crippen LogP contribution is 2.19. The highest BCUT2D eigenvalue weighted by molar-refractivity contribution is 5.90. The maximum atomic E-state index is 13.4. The smallest absolute Gasteiger partial charge is 0.306 e. The molecule has 2 aromatic heterocycles. The average Bonchev–Trinajstić information content (AvgIpc) is 4.13. The predicted octanol–water partition coefficient (Wildman–Crippen LogP) is 12.1. The van der Waals surface area contributed by atoms with E-state index in [1.807, 2.05) is 0 Å². The Bertz CT molecular complexity index is 1610. The number of H-pyrrole nitrogens is 2. The summed E-state index contributed by atoms with van der Waals surface area (Å²) in [6, 6.07) is -1.70. The number of aromatic nitrogens is 4. The number of aliphatic hydroxyl groups is 1. The molecule has 0 aliphatic rings. The van der Waals surface area contributed by atoms with E-state index in [1.54, 1.807) is 12.4 Å². The number of imidazole rings is 2. The van der Waals surface area contributed by atoms with Crippen LogP contribution in [0.4, 0.5) is 0 Å². The lowest BCUT2D eigenvalue weighted by Crippen LogP contribution is -2.53. The zero-order chi connectivity index (χ0) is 54.2. The van der Waals surface area contributed by atoms with Gasteiger partial charge in [0, 0.05) is 62.6 Å². The van der Waals surface area contributed by atoms with Gasteiger partial charge in [-0.25, -0.2) is 9.97 Å². The van der Waals surface area contributed by atoms with E-state index in [0.717, 1.165) is 115 Å². The minimum Gasteiger partial charge on any atom is -0.466 e. The normalized spacial score (nSPS) is 12.8. The fraction of sp³-hybridized carbons (Fsp3) is 0.833. The molecule has 2 amide bonds. The zero-order valence-electron chi connectivity index (χ0n) is 47.8.